The first kappa shape index (κ1) is 19.7. The number of hydrogen-bond donors (Lipinski definition) is 2. The normalized spacial score (nSPS) is 11.6. The smallest absolute Gasteiger partial charge is 0.342 e. The quantitative estimate of drug-likeness (QED) is 0.305. The maximum Gasteiger partial charge on any atom is 0.342 e. The Morgan fingerprint density at radius 3 is 2.60 bits per heavy atom. The molecule has 0 saturated heterocycles. The molecule has 5 nitrogen and oxygen atoms in total. The van der Waals surface area contributed by atoms with Crippen molar-refractivity contribution in [2.45, 2.75) is 11.8 Å². The number of hydrogen-bond acceptors (Lipinski definition) is 4. The summed E-state index contributed by atoms with van der Waals surface area (Å²) >= 11 is 1.02. The summed E-state index contributed by atoms with van der Waals surface area (Å²) < 4.78 is 19.6. The van der Waals surface area contributed by atoms with Crippen LogP contribution in [0.3, 0.4) is 0 Å². The van der Waals surface area contributed by atoms with Gasteiger partial charge >= 0.3 is 5.97 Å². The van der Waals surface area contributed by atoms with Gasteiger partial charge in [0.2, 0.25) is 0 Å². The number of nitrogens with one attached hydrogen (secondary N) is 1. The number of H-pyrrole nitrogens is 1. The number of halogens is 1. The fraction of sp³-hybridized carbons (Fsp3) is 0.0435. The van der Waals surface area contributed by atoms with Gasteiger partial charge in [-0.3, -0.25) is 0 Å². The van der Waals surface area contributed by atoms with Crippen molar-refractivity contribution >= 4 is 34.8 Å². The van der Waals surface area contributed by atoms with Crippen LogP contribution in [0.4, 0.5) is 4.39 Å². The molecule has 150 valence electrons. The van der Waals surface area contributed by atoms with Gasteiger partial charge in [-0.25, -0.2) is 14.2 Å². The lowest BCUT2D eigenvalue weighted by atomic mass is 10.2. The zero-order valence-electron chi connectivity index (χ0n) is 15.7. The van der Waals surface area contributed by atoms with Crippen LogP contribution >= 0.6 is 11.8 Å². The minimum absolute atomic E-state index is 0.0383. The Bertz CT molecular complexity index is 1200. The summed E-state index contributed by atoms with van der Waals surface area (Å²) in [5, 5.41) is 10.2. The van der Waals surface area contributed by atoms with E-state index in [4.69, 9.17) is 4.74 Å². The van der Waals surface area contributed by atoms with Crippen molar-refractivity contribution in [2.75, 3.05) is 0 Å². The van der Waals surface area contributed by atoms with Crippen molar-refractivity contribution in [3.05, 3.63) is 94.6 Å². The van der Waals surface area contributed by atoms with E-state index in [0.717, 1.165) is 22.8 Å². The Morgan fingerprint density at radius 2 is 1.80 bits per heavy atom. The molecule has 0 bridgehead atoms. The van der Waals surface area contributed by atoms with Gasteiger partial charge in [-0.15, -0.1) is 0 Å². The molecule has 4 rings (SSSR count). The highest BCUT2D eigenvalue weighted by Gasteiger charge is 2.14. The number of fused-ring (bicyclic) bond motifs is 1. The largest absolute Gasteiger partial charge is 0.488 e. The van der Waals surface area contributed by atoms with Gasteiger partial charge in [0.1, 0.15) is 23.1 Å². The van der Waals surface area contributed by atoms with Crippen LogP contribution in [-0.4, -0.2) is 21.0 Å². The molecule has 1 heterocycles. The lowest BCUT2D eigenvalue weighted by Crippen LogP contribution is -2.01. The molecule has 7 heteroatoms. The number of ether oxygens (including phenoxy) is 1. The van der Waals surface area contributed by atoms with Crippen molar-refractivity contribution in [3.8, 4) is 5.75 Å². The topological polar surface area (TPSA) is 75.2 Å². The number of aromatic nitrogens is 2. The third-order valence-corrected chi connectivity index (χ3v) is 5.23. The molecule has 0 aliphatic rings. The predicted molar refractivity (Wildman–Crippen MR) is 115 cm³/mol. The number of nitrogens with zero attached hydrogens (tertiary/aromatic N) is 1. The second kappa shape index (κ2) is 8.84. The Hall–Kier alpha value is -3.58. The number of benzene rings is 3. The van der Waals surface area contributed by atoms with Crippen molar-refractivity contribution in [3.63, 3.8) is 0 Å². The van der Waals surface area contributed by atoms with Crippen LogP contribution in [0.25, 0.3) is 17.1 Å². The number of thioether (sulfide) groups is 1. The van der Waals surface area contributed by atoms with Crippen molar-refractivity contribution in [1.29, 1.82) is 0 Å². The Labute approximate surface area is 176 Å². The van der Waals surface area contributed by atoms with Crippen molar-refractivity contribution in [1.82, 2.24) is 9.97 Å². The van der Waals surface area contributed by atoms with Crippen LogP contribution < -0.4 is 4.74 Å². The van der Waals surface area contributed by atoms with Crippen molar-refractivity contribution < 1.29 is 19.0 Å². The van der Waals surface area contributed by atoms with Gasteiger partial charge < -0.3 is 14.8 Å². The maximum atomic E-state index is 13.9. The average molecular weight is 420 g/mol. The molecule has 3 aromatic carbocycles. The highest BCUT2D eigenvalue weighted by atomic mass is 32.2. The molecule has 0 atom stereocenters. The minimum atomic E-state index is -1.08. The van der Waals surface area contributed by atoms with E-state index >= 15 is 0 Å². The van der Waals surface area contributed by atoms with Crippen molar-refractivity contribution in [2.24, 2.45) is 0 Å². The molecule has 4 aromatic rings. The molecule has 1 aromatic heterocycles. The summed E-state index contributed by atoms with van der Waals surface area (Å²) in [4.78, 5) is 19.4. The highest BCUT2D eigenvalue weighted by molar-refractivity contribution is 8.04. The SMILES string of the molecule is O=C(O)/C(=C/c1ccccc1OCc1ccccc1F)Sc1nc2ccccc2[nH]1. The standard InChI is InChI=1S/C23H17FN2O3S/c24-17-9-3-1-8-16(17)14-29-20-12-6-2-7-15(20)13-21(22(27)28)30-23-25-18-10-4-5-11-19(18)26-23/h1-13H,14H2,(H,25,26)(H,27,28)/b21-13-. The van der Waals surface area contributed by atoms with Gasteiger partial charge in [0, 0.05) is 11.1 Å². The summed E-state index contributed by atoms with van der Waals surface area (Å²) in [5.74, 6) is -0.966. The fourth-order valence-corrected chi connectivity index (χ4v) is 3.65. The van der Waals surface area contributed by atoms with E-state index in [1.165, 1.54) is 12.1 Å². The number of aromatic amines is 1. The van der Waals surface area contributed by atoms with Gasteiger partial charge in [0.05, 0.1) is 11.0 Å². The summed E-state index contributed by atoms with van der Waals surface area (Å²) in [6.07, 6.45) is 1.52. The third kappa shape index (κ3) is 4.52. The molecule has 0 aliphatic heterocycles. The van der Waals surface area contributed by atoms with Crippen LogP contribution in [0.1, 0.15) is 11.1 Å². The number of carboxylic acid groups (broad SMARTS) is 1. The predicted octanol–water partition coefficient (Wildman–Crippen LogP) is 5.50. The van der Waals surface area contributed by atoms with E-state index in [1.54, 1.807) is 42.5 Å². The van der Waals surface area contributed by atoms with Crippen LogP contribution in [0.15, 0.2) is 82.9 Å². The van der Waals surface area contributed by atoms with E-state index in [2.05, 4.69) is 9.97 Å². The third-order valence-electron chi connectivity index (χ3n) is 4.33. The van der Waals surface area contributed by atoms with Gasteiger partial charge in [0.15, 0.2) is 5.16 Å². The van der Waals surface area contributed by atoms with Gasteiger partial charge in [-0.2, -0.15) is 0 Å². The molecule has 0 amide bonds. The van der Waals surface area contributed by atoms with Crippen LogP contribution in [-0.2, 0) is 11.4 Å². The van der Waals surface area contributed by atoms with E-state index in [0.29, 0.717) is 22.0 Å². The monoisotopic (exact) mass is 420 g/mol. The second-order valence-electron chi connectivity index (χ2n) is 6.39. The Morgan fingerprint density at radius 1 is 1.07 bits per heavy atom. The molecule has 0 aliphatic carbocycles. The molecular formula is C23H17FN2O3S. The number of carboxylic acids is 1. The number of aliphatic carboxylic acids is 1. The first-order chi connectivity index (χ1) is 14.6. The summed E-state index contributed by atoms with van der Waals surface area (Å²) in [7, 11) is 0. The average Bonchev–Trinajstić information content (AvgIpc) is 3.16. The van der Waals surface area contributed by atoms with E-state index in [9.17, 15) is 14.3 Å². The van der Waals surface area contributed by atoms with E-state index < -0.39 is 5.97 Å². The van der Waals surface area contributed by atoms with Crippen LogP contribution in [0.5, 0.6) is 5.75 Å². The number of rotatable bonds is 7. The van der Waals surface area contributed by atoms with Gasteiger partial charge in [0.25, 0.3) is 0 Å². The van der Waals surface area contributed by atoms with Crippen LogP contribution in [0.2, 0.25) is 0 Å². The molecule has 0 saturated carbocycles. The second-order valence-corrected chi connectivity index (χ2v) is 7.42. The first-order valence-corrected chi connectivity index (χ1v) is 9.94. The van der Waals surface area contributed by atoms with E-state index in [1.807, 2.05) is 24.3 Å². The summed E-state index contributed by atoms with van der Waals surface area (Å²) in [6.45, 7) is 0.0383. The Kier molecular flexibility index (Phi) is 5.81. The first-order valence-electron chi connectivity index (χ1n) is 9.13. The lowest BCUT2D eigenvalue weighted by molar-refractivity contribution is -0.131. The molecular weight excluding hydrogens is 403 g/mol. The zero-order valence-corrected chi connectivity index (χ0v) is 16.5. The lowest BCUT2D eigenvalue weighted by Gasteiger charge is -2.10. The van der Waals surface area contributed by atoms with Crippen LogP contribution in [0, 0.1) is 5.82 Å². The molecule has 2 N–H and O–H groups in total. The number of para-hydroxylation sites is 3. The molecule has 0 fully saturated rings. The molecule has 0 radical (unpaired) electrons. The fourth-order valence-electron chi connectivity index (χ4n) is 2.86. The van der Waals surface area contributed by atoms with Gasteiger partial charge in [-0.1, -0.05) is 48.5 Å². The summed E-state index contributed by atoms with van der Waals surface area (Å²) in [5.41, 5.74) is 2.60. The number of carbonyl (C=O) groups is 1. The number of imidazole rings is 1. The maximum absolute atomic E-state index is 13.9. The van der Waals surface area contributed by atoms with Gasteiger partial charge in [-0.05, 0) is 42.1 Å². The summed E-state index contributed by atoms with van der Waals surface area (Å²) in [6, 6.07) is 20.9. The molecule has 0 unspecified atom stereocenters. The molecule has 0 spiro atoms. The minimum Gasteiger partial charge on any atom is -0.488 e. The Balaban J connectivity index is 1.59. The van der Waals surface area contributed by atoms with E-state index in [-0.39, 0.29) is 17.3 Å². The zero-order chi connectivity index (χ0) is 20.9. The highest BCUT2D eigenvalue weighted by Crippen LogP contribution is 2.31. The molecule has 30 heavy (non-hydrogen) atoms.